The Bertz CT molecular complexity index is 1090. The number of hydrogen-bond acceptors (Lipinski definition) is 5. The highest BCUT2D eigenvalue weighted by molar-refractivity contribution is 5.97. The van der Waals surface area contributed by atoms with Gasteiger partial charge in [0.2, 0.25) is 11.8 Å². The zero-order chi connectivity index (χ0) is 24.9. The maximum Gasteiger partial charge on any atom is 0.417 e. The molecular formula is C25H30F3NO5. The summed E-state index contributed by atoms with van der Waals surface area (Å²) < 4.78 is 52.3. The van der Waals surface area contributed by atoms with Gasteiger partial charge in [-0.1, -0.05) is 26.7 Å². The molecule has 6 nitrogen and oxygen atoms in total. The Hall–Kier alpha value is -2.84. The highest BCUT2D eigenvalue weighted by atomic mass is 19.4. The molecule has 0 unspecified atom stereocenters. The van der Waals surface area contributed by atoms with E-state index in [-0.39, 0.29) is 29.4 Å². The lowest BCUT2D eigenvalue weighted by atomic mass is 9.96. The van der Waals surface area contributed by atoms with Crippen LogP contribution in [-0.4, -0.2) is 29.9 Å². The number of carbonyl (C=O) groups is 2. The van der Waals surface area contributed by atoms with E-state index >= 15 is 0 Å². The van der Waals surface area contributed by atoms with E-state index in [0.717, 1.165) is 0 Å². The number of carbonyl (C=O) groups excluding carboxylic acids is 2. The summed E-state index contributed by atoms with van der Waals surface area (Å²) in [4.78, 5) is 37.1. The summed E-state index contributed by atoms with van der Waals surface area (Å²) in [5.41, 5.74) is -1.04. The molecule has 2 amide bonds. The molecule has 1 saturated heterocycles. The molecular weight excluding hydrogens is 451 g/mol. The van der Waals surface area contributed by atoms with Gasteiger partial charge in [-0.25, -0.2) is 4.79 Å². The third-order valence-corrected chi connectivity index (χ3v) is 5.89. The van der Waals surface area contributed by atoms with E-state index in [1.54, 1.807) is 0 Å². The molecule has 1 aromatic heterocycles. The predicted molar refractivity (Wildman–Crippen MR) is 121 cm³/mol. The van der Waals surface area contributed by atoms with E-state index in [4.69, 9.17) is 9.15 Å². The van der Waals surface area contributed by atoms with Crippen LogP contribution in [0.2, 0.25) is 0 Å². The van der Waals surface area contributed by atoms with E-state index in [1.807, 2.05) is 13.8 Å². The van der Waals surface area contributed by atoms with Crippen molar-refractivity contribution in [2.75, 3.05) is 13.2 Å². The third-order valence-electron chi connectivity index (χ3n) is 5.89. The standard InChI is InChI=1S/C25H30F3NO5/c1-3-8-16-14-18-19(25(26,27)28)15-22(32)34-24(18)17(9-4-2)23(16)33-13-6-5-12-29-20(30)10-7-11-21(29)31/h14-15H,3-13H2,1-2H3. The molecule has 186 valence electrons. The molecule has 3 rings (SSSR count). The number of imide groups is 1. The highest BCUT2D eigenvalue weighted by Crippen LogP contribution is 2.40. The number of hydrogen-bond donors (Lipinski definition) is 0. The van der Waals surface area contributed by atoms with E-state index < -0.39 is 17.4 Å². The monoisotopic (exact) mass is 481 g/mol. The van der Waals surface area contributed by atoms with Crippen LogP contribution in [0.15, 0.2) is 21.3 Å². The molecule has 0 N–H and O–H groups in total. The number of halogens is 3. The summed E-state index contributed by atoms with van der Waals surface area (Å²) in [5, 5.41) is -0.131. The molecule has 1 fully saturated rings. The van der Waals surface area contributed by atoms with Gasteiger partial charge in [0, 0.05) is 36.4 Å². The molecule has 9 heteroatoms. The Morgan fingerprint density at radius 2 is 1.68 bits per heavy atom. The maximum atomic E-state index is 13.7. The minimum absolute atomic E-state index is 0.0824. The molecule has 2 aromatic rings. The van der Waals surface area contributed by atoms with Crippen LogP contribution in [0.3, 0.4) is 0 Å². The van der Waals surface area contributed by atoms with Crippen LogP contribution in [0.25, 0.3) is 11.0 Å². The molecule has 1 aliphatic heterocycles. The van der Waals surface area contributed by atoms with E-state index in [9.17, 15) is 27.6 Å². The van der Waals surface area contributed by atoms with Crippen molar-refractivity contribution in [1.82, 2.24) is 4.90 Å². The molecule has 1 aromatic carbocycles. The number of piperidine rings is 1. The summed E-state index contributed by atoms with van der Waals surface area (Å²) >= 11 is 0. The Morgan fingerprint density at radius 1 is 1.00 bits per heavy atom. The quantitative estimate of drug-likeness (QED) is 0.257. The number of fused-ring (bicyclic) bond motifs is 1. The van der Waals surface area contributed by atoms with Crippen molar-refractivity contribution >= 4 is 22.8 Å². The third kappa shape index (κ3) is 5.80. The van der Waals surface area contributed by atoms with Crippen molar-refractivity contribution in [1.29, 1.82) is 0 Å². The topological polar surface area (TPSA) is 76.8 Å². The van der Waals surface area contributed by atoms with Crippen LogP contribution in [-0.2, 0) is 28.6 Å². The first-order chi connectivity index (χ1) is 16.2. The van der Waals surface area contributed by atoms with Crippen molar-refractivity contribution < 1.29 is 31.9 Å². The number of amides is 2. The van der Waals surface area contributed by atoms with Gasteiger partial charge in [-0.3, -0.25) is 14.5 Å². The van der Waals surface area contributed by atoms with Crippen molar-refractivity contribution in [3.63, 3.8) is 0 Å². The number of ether oxygens (including phenoxy) is 1. The molecule has 2 heterocycles. The number of likely N-dealkylation sites (tertiary alicyclic amines) is 1. The van der Waals surface area contributed by atoms with Crippen molar-refractivity contribution in [3.8, 4) is 5.75 Å². The summed E-state index contributed by atoms with van der Waals surface area (Å²) in [5.74, 6) is 0.152. The summed E-state index contributed by atoms with van der Waals surface area (Å²) in [6.07, 6.45) is 0.00296. The molecule has 0 radical (unpaired) electrons. The number of alkyl halides is 3. The van der Waals surface area contributed by atoms with Crippen LogP contribution in [0, 0.1) is 0 Å². The Kier molecular flexibility index (Phi) is 8.38. The van der Waals surface area contributed by atoms with Gasteiger partial charge in [0.05, 0.1) is 12.2 Å². The number of benzene rings is 1. The fraction of sp³-hybridized carbons (Fsp3) is 0.560. The van der Waals surface area contributed by atoms with Gasteiger partial charge in [0.15, 0.2) is 0 Å². The van der Waals surface area contributed by atoms with Gasteiger partial charge in [0.1, 0.15) is 11.3 Å². The molecule has 0 saturated carbocycles. The lowest BCUT2D eigenvalue weighted by Crippen LogP contribution is -2.40. The molecule has 0 atom stereocenters. The lowest BCUT2D eigenvalue weighted by Gasteiger charge is -2.24. The van der Waals surface area contributed by atoms with Gasteiger partial charge in [-0.15, -0.1) is 0 Å². The predicted octanol–water partition coefficient (Wildman–Crippen LogP) is 5.41. The lowest BCUT2D eigenvalue weighted by molar-refractivity contribution is -0.148. The van der Waals surface area contributed by atoms with E-state index in [2.05, 4.69) is 0 Å². The number of unbranched alkanes of at least 4 members (excludes halogenated alkanes) is 1. The number of aryl methyl sites for hydroxylation is 2. The summed E-state index contributed by atoms with van der Waals surface area (Å²) in [6.45, 7) is 4.40. The fourth-order valence-corrected chi connectivity index (χ4v) is 4.35. The average molecular weight is 482 g/mol. The van der Waals surface area contributed by atoms with Crippen LogP contribution in [0.4, 0.5) is 13.2 Å². The first-order valence-corrected chi connectivity index (χ1v) is 11.8. The van der Waals surface area contributed by atoms with Crippen LogP contribution in [0.5, 0.6) is 5.75 Å². The molecule has 1 aliphatic rings. The maximum absolute atomic E-state index is 13.7. The normalized spacial score (nSPS) is 14.8. The van der Waals surface area contributed by atoms with Gasteiger partial charge in [0.25, 0.3) is 0 Å². The molecule has 0 spiro atoms. The largest absolute Gasteiger partial charge is 0.493 e. The zero-order valence-electron chi connectivity index (χ0n) is 19.6. The Balaban J connectivity index is 1.87. The second kappa shape index (κ2) is 11.1. The summed E-state index contributed by atoms with van der Waals surface area (Å²) in [7, 11) is 0. The van der Waals surface area contributed by atoms with Crippen LogP contribution in [0.1, 0.15) is 75.5 Å². The van der Waals surface area contributed by atoms with Crippen LogP contribution < -0.4 is 10.4 Å². The fourth-order valence-electron chi connectivity index (χ4n) is 4.35. The minimum Gasteiger partial charge on any atom is -0.493 e. The molecule has 0 bridgehead atoms. The van der Waals surface area contributed by atoms with Crippen molar-refractivity contribution in [2.24, 2.45) is 0 Å². The highest BCUT2D eigenvalue weighted by Gasteiger charge is 2.35. The first-order valence-electron chi connectivity index (χ1n) is 11.8. The Morgan fingerprint density at radius 3 is 2.29 bits per heavy atom. The van der Waals surface area contributed by atoms with Gasteiger partial charge in [-0.2, -0.15) is 13.2 Å². The van der Waals surface area contributed by atoms with Crippen molar-refractivity contribution in [2.45, 2.75) is 77.8 Å². The smallest absolute Gasteiger partial charge is 0.417 e. The van der Waals surface area contributed by atoms with E-state index in [1.165, 1.54) is 11.0 Å². The van der Waals surface area contributed by atoms with Gasteiger partial charge in [-0.05, 0) is 43.7 Å². The molecule has 34 heavy (non-hydrogen) atoms. The Labute approximate surface area is 196 Å². The van der Waals surface area contributed by atoms with Gasteiger partial charge < -0.3 is 9.15 Å². The minimum atomic E-state index is -4.69. The van der Waals surface area contributed by atoms with Gasteiger partial charge >= 0.3 is 11.8 Å². The number of nitrogens with zero attached hydrogens (tertiary/aromatic N) is 1. The first kappa shape index (κ1) is 25.8. The van der Waals surface area contributed by atoms with Crippen molar-refractivity contribution in [3.05, 3.63) is 39.2 Å². The zero-order valence-corrected chi connectivity index (χ0v) is 19.6. The number of rotatable bonds is 10. The van der Waals surface area contributed by atoms with E-state index in [0.29, 0.717) is 87.3 Å². The second-order valence-corrected chi connectivity index (χ2v) is 8.55. The van der Waals surface area contributed by atoms with Crippen LogP contribution >= 0.6 is 0 Å². The second-order valence-electron chi connectivity index (χ2n) is 8.55. The molecule has 0 aliphatic carbocycles. The SMILES string of the molecule is CCCc1cc2c(C(F)(F)F)cc(=O)oc2c(CCC)c1OCCCCN1C(=O)CCCC1=O. The summed E-state index contributed by atoms with van der Waals surface area (Å²) in [6, 6.07) is 1.92. The average Bonchev–Trinajstić information content (AvgIpc) is 2.76.